The summed E-state index contributed by atoms with van der Waals surface area (Å²) in [6.45, 7) is 5.01. The van der Waals surface area contributed by atoms with E-state index in [2.05, 4.69) is 31.9 Å². The molecule has 0 aromatic heterocycles. The second-order valence-corrected chi connectivity index (χ2v) is 7.86. The Bertz CT molecular complexity index is 281. The van der Waals surface area contributed by atoms with Crippen molar-refractivity contribution < 1.29 is 19.1 Å². The van der Waals surface area contributed by atoms with Crippen LogP contribution in [0.1, 0.15) is 65.2 Å². The van der Waals surface area contributed by atoms with E-state index in [-0.39, 0.29) is 21.6 Å². The monoisotopic (exact) mass is 442 g/mol. The van der Waals surface area contributed by atoms with Gasteiger partial charge in [-0.1, -0.05) is 45.7 Å². The molecule has 0 N–H and O–H groups in total. The van der Waals surface area contributed by atoms with Crippen LogP contribution in [0.15, 0.2) is 0 Å². The zero-order valence-corrected chi connectivity index (χ0v) is 16.8. The van der Waals surface area contributed by atoms with Gasteiger partial charge in [-0.25, -0.2) is 0 Å². The third-order valence-electron chi connectivity index (χ3n) is 3.23. The van der Waals surface area contributed by atoms with Crippen LogP contribution < -0.4 is 0 Å². The average molecular weight is 444 g/mol. The van der Waals surface area contributed by atoms with Crippen molar-refractivity contribution in [2.24, 2.45) is 0 Å². The van der Waals surface area contributed by atoms with E-state index in [0.29, 0.717) is 26.1 Å². The maximum absolute atomic E-state index is 11.4. The number of carbonyl (C=O) groups excluding carboxylic acids is 2. The molecule has 0 aliphatic carbocycles. The van der Waals surface area contributed by atoms with Crippen molar-refractivity contribution in [1.29, 1.82) is 0 Å². The van der Waals surface area contributed by atoms with Crippen LogP contribution in [0.3, 0.4) is 0 Å². The number of hydrogen-bond acceptors (Lipinski definition) is 4. The van der Waals surface area contributed by atoms with E-state index in [1.165, 1.54) is 0 Å². The van der Waals surface area contributed by atoms with Gasteiger partial charge in [0.1, 0.15) is 0 Å². The Morgan fingerprint density at radius 2 is 1.14 bits per heavy atom. The molecule has 4 nitrogen and oxygen atoms in total. The second kappa shape index (κ2) is 14.5. The van der Waals surface area contributed by atoms with Gasteiger partial charge < -0.3 is 9.47 Å². The van der Waals surface area contributed by atoms with Gasteiger partial charge in [-0.15, -0.1) is 0 Å². The second-order valence-electron chi connectivity index (χ2n) is 5.27. The first-order valence-corrected chi connectivity index (χ1v) is 9.92. The van der Waals surface area contributed by atoms with Crippen LogP contribution in [0.2, 0.25) is 0 Å². The van der Waals surface area contributed by atoms with Crippen molar-refractivity contribution in [3.8, 4) is 0 Å². The molecule has 0 aliphatic rings. The first kappa shape index (κ1) is 21.9. The standard InChI is InChI=1S/C16H28Br2O4/c1-3-13(17)11-15(19)21-9-7-5-6-8-10-22-16(20)12-14(18)4-2/h13-14H,3-12H2,1-2H3. The Morgan fingerprint density at radius 3 is 1.45 bits per heavy atom. The van der Waals surface area contributed by atoms with Crippen LogP contribution in [0.25, 0.3) is 0 Å². The molecule has 0 radical (unpaired) electrons. The first-order chi connectivity index (χ1) is 10.5. The highest BCUT2D eigenvalue weighted by Gasteiger charge is 2.10. The number of carbonyl (C=O) groups is 2. The molecule has 0 amide bonds. The summed E-state index contributed by atoms with van der Waals surface area (Å²) >= 11 is 6.83. The van der Waals surface area contributed by atoms with E-state index < -0.39 is 0 Å². The van der Waals surface area contributed by atoms with Gasteiger partial charge in [0, 0.05) is 9.65 Å². The van der Waals surface area contributed by atoms with Gasteiger partial charge in [0.05, 0.1) is 26.1 Å². The zero-order valence-electron chi connectivity index (χ0n) is 13.6. The quantitative estimate of drug-likeness (QED) is 0.234. The maximum atomic E-state index is 11.4. The van der Waals surface area contributed by atoms with Crippen molar-refractivity contribution in [2.75, 3.05) is 13.2 Å². The van der Waals surface area contributed by atoms with Crippen molar-refractivity contribution in [2.45, 2.75) is 74.9 Å². The predicted molar refractivity (Wildman–Crippen MR) is 95.6 cm³/mol. The molecule has 22 heavy (non-hydrogen) atoms. The Hall–Kier alpha value is -0.100. The summed E-state index contributed by atoms with van der Waals surface area (Å²) in [5.41, 5.74) is 0. The van der Waals surface area contributed by atoms with Crippen LogP contribution >= 0.6 is 31.9 Å². The molecule has 0 aromatic rings. The van der Waals surface area contributed by atoms with Gasteiger partial charge in [0.2, 0.25) is 0 Å². The van der Waals surface area contributed by atoms with E-state index in [0.717, 1.165) is 38.5 Å². The molecule has 0 aliphatic heterocycles. The summed E-state index contributed by atoms with van der Waals surface area (Å²) in [5, 5.41) is 0. The number of rotatable bonds is 13. The lowest BCUT2D eigenvalue weighted by molar-refractivity contribution is -0.145. The Kier molecular flexibility index (Phi) is 14.4. The van der Waals surface area contributed by atoms with Gasteiger partial charge in [0.25, 0.3) is 0 Å². The fourth-order valence-electron chi connectivity index (χ4n) is 1.70. The smallest absolute Gasteiger partial charge is 0.306 e. The third kappa shape index (κ3) is 13.6. The van der Waals surface area contributed by atoms with Crippen molar-refractivity contribution in [3.05, 3.63) is 0 Å². The highest BCUT2D eigenvalue weighted by atomic mass is 79.9. The molecule has 0 aromatic carbocycles. The largest absolute Gasteiger partial charge is 0.466 e. The highest BCUT2D eigenvalue weighted by molar-refractivity contribution is 9.09. The number of alkyl halides is 2. The number of ether oxygens (including phenoxy) is 2. The molecular weight excluding hydrogens is 416 g/mol. The molecule has 0 saturated heterocycles. The van der Waals surface area contributed by atoms with Gasteiger partial charge >= 0.3 is 11.9 Å². The number of unbranched alkanes of at least 4 members (excludes halogenated alkanes) is 3. The molecule has 6 heteroatoms. The summed E-state index contributed by atoms with van der Waals surface area (Å²) in [6, 6.07) is 0. The minimum atomic E-state index is -0.141. The minimum Gasteiger partial charge on any atom is -0.466 e. The third-order valence-corrected chi connectivity index (χ3v) is 5.17. The van der Waals surface area contributed by atoms with Gasteiger partial charge in [0.15, 0.2) is 0 Å². The molecule has 130 valence electrons. The molecule has 2 atom stereocenters. The highest BCUT2D eigenvalue weighted by Crippen LogP contribution is 2.11. The lowest BCUT2D eigenvalue weighted by atomic mass is 10.2. The Balaban J connectivity index is 3.37. The number of esters is 2. The van der Waals surface area contributed by atoms with Crippen molar-refractivity contribution in [3.63, 3.8) is 0 Å². The van der Waals surface area contributed by atoms with Gasteiger partial charge in [-0.05, 0) is 38.5 Å². The van der Waals surface area contributed by atoms with E-state index in [9.17, 15) is 9.59 Å². The van der Waals surface area contributed by atoms with Crippen LogP contribution in [0.5, 0.6) is 0 Å². The lowest BCUT2D eigenvalue weighted by Crippen LogP contribution is -2.12. The zero-order chi connectivity index (χ0) is 16.8. The lowest BCUT2D eigenvalue weighted by Gasteiger charge is -2.08. The predicted octanol–water partition coefficient (Wildman–Crippen LogP) is 4.76. The molecule has 0 bridgehead atoms. The van der Waals surface area contributed by atoms with Gasteiger partial charge in [-0.2, -0.15) is 0 Å². The fraction of sp³-hybridized carbons (Fsp3) is 0.875. The summed E-state index contributed by atoms with van der Waals surface area (Å²) in [4.78, 5) is 23.3. The molecule has 0 rings (SSSR count). The number of hydrogen-bond donors (Lipinski definition) is 0. The van der Waals surface area contributed by atoms with Crippen molar-refractivity contribution in [1.82, 2.24) is 0 Å². The van der Waals surface area contributed by atoms with E-state index in [1.54, 1.807) is 0 Å². The van der Waals surface area contributed by atoms with Gasteiger partial charge in [-0.3, -0.25) is 9.59 Å². The van der Waals surface area contributed by atoms with Crippen LogP contribution in [-0.4, -0.2) is 34.8 Å². The number of halogens is 2. The Morgan fingerprint density at radius 1 is 0.773 bits per heavy atom. The molecular formula is C16H28Br2O4. The normalized spacial score (nSPS) is 13.5. The molecule has 0 saturated carbocycles. The molecule has 2 unspecified atom stereocenters. The van der Waals surface area contributed by atoms with Crippen LogP contribution in [0, 0.1) is 0 Å². The van der Waals surface area contributed by atoms with Crippen LogP contribution in [-0.2, 0) is 19.1 Å². The Labute approximate surface area is 150 Å². The molecule has 0 spiro atoms. The van der Waals surface area contributed by atoms with Crippen LogP contribution in [0.4, 0.5) is 0 Å². The SMILES string of the molecule is CCC(Br)CC(=O)OCCCCCCOC(=O)CC(Br)CC. The molecule has 0 fully saturated rings. The summed E-state index contributed by atoms with van der Waals surface area (Å²) in [7, 11) is 0. The van der Waals surface area contributed by atoms with E-state index in [1.807, 2.05) is 13.8 Å². The topological polar surface area (TPSA) is 52.6 Å². The fourth-order valence-corrected chi connectivity index (χ4v) is 2.23. The maximum Gasteiger partial charge on any atom is 0.306 e. The summed E-state index contributed by atoms with van der Waals surface area (Å²) in [5.74, 6) is -0.282. The van der Waals surface area contributed by atoms with Crippen molar-refractivity contribution >= 4 is 43.8 Å². The van der Waals surface area contributed by atoms with E-state index >= 15 is 0 Å². The summed E-state index contributed by atoms with van der Waals surface area (Å²) in [6.07, 6.45) is 6.37. The first-order valence-electron chi connectivity index (χ1n) is 8.08. The van der Waals surface area contributed by atoms with E-state index in [4.69, 9.17) is 9.47 Å². The summed E-state index contributed by atoms with van der Waals surface area (Å²) < 4.78 is 10.3. The average Bonchev–Trinajstić information content (AvgIpc) is 2.49. The molecule has 0 heterocycles. The minimum absolute atomic E-state index is 0.141.